The highest BCUT2D eigenvalue weighted by Gasteiger charge is 2.14. The maximum absolute atomic E-state index is 12.1. The Morgan fingerprint density at radius 3 is 2.96 bits per heavy atom. The predicted molar refractivity (Wildman–Crippen MR) is 96.2 cm³/mol. The lowest BCUT2D eigenvalue weighted by Gasteiger charge is -2.01. The maximum Gasteiger partial charge on any atom is 0.374 e. The third-order valence-electron chi connectivity index (χ3n) is 3.90. The van der Waals surface area contributed by atoms with Gasteiger partial charge < -0.3 is 13.7 Å². The largest absolute Gasteiger partial charge is 0.460 e. The number of carbonyl (C=O) groups is 1. The van der Waals surface area contributed by atoms with Crippen LogP contribution in [0.4, 0.5) is 0 Å². The molecule has 9 nitrogen and oxygen atoms in total. The van der Waals surface area contributed by atoms with Crippen LogP contribution in [0.2, 0.25) is 0 Å². The van der Waals surface area contributed by atoms with E-state index >= 15 is 0 Å². The van der Waals surface area contributed by atoms with Crippen LogP contribution in [0.5, 0.6) is 0 Å². The number of pyridine rings is 1. The van der Waals surface area contributed by atoms with Gasteiger partial charge in [-0.15, -0.1) is 0 Å². The van der Waals surface area contributed by atoms with E-state index in [1.54, 1.807) is 41.5 Å². The van der Waals surface area contributed by atoms with E-state index in [1.165, 1.54) is 0 Å². The third kappa shape index (κ3) is 4.32. The second kappa shape index (κ2) is 8.30. The molecular weight excluding hydrogens is 362 g/mol. The fourth-order valence-corrected chi connectivity index (χ4v) is 2.55. The normalized spacial score (nSPS) is 10.9. The molecule has 0 radical (unpaired) electrons. The molecule has 0 N–H and O–H groups in total. The average molecular weight is 379 g/mol. The summed E-state index contributed by atoms with van der Waals surface area (Å²) in [5.74, 6) is 1.26. The molecule has 0 aromatic carbocycles. The van der Waals surface area contributed by atoms with Gasteiger partial charge in [0, 0.05) is 36.8 Å². The van der Waals surface area contributed by atoms with Crippen LogP contribution in [-0.4, -0.2) is 37.5 Å². The predicted octanol–water partition coefficient (Wildman–Crippen LogP) is 2.76. The molecule has 0 amide bonds. The molecule has 142 valence electrons. The lowest BCUT2D eigenvalue weighted by atomic mass is 10.3. The van der Waals surface area contributed by atoms with Crippen molar-refractivity contribution in [1.82, 2.24) is 24.9 Å². The Balaban J connectivity index is 1.23. The van der Waals surface area contributed by atoms with Gasteiger partial charge in [0.15, 0.2) is 0 Å². The molecule has 0 saturated carbocycles. The van der Waals surface area contributed by atoms with Crippen LogP contribution in [0.15, 0.2) is 64.1 Å². The summed E-state index contributed by atoms with van der Waals surface area (Å²) in [6, 6.07) is 8.81. The summed E-state index contributed by atoms with van der Waals surface area (Å²) in [5.41, 5.74) is 0.785. The number of esters is 1. The highest BCUT2D eigenvalue weighted by molar-refractivity contribution is 5.86. The summed E-state index contributed by atoms with van der Waals surface area (Å²) in [7, 11) is 0. The molecule has 0 fully saturated rings. The van der Waals surface area contributed by atoms with E-state index in [2.05, 4.69) is 20.2 Å². The van der Waals surface area contributed by atoms with Crippen molar-refractivity contribution < 1.29 is 18.5 Å². The summed E-state index contributed by atoms with van der Waals surface area (Å²) < 4.78 is 17.7. The van der Waals surface area contributed by atoms with Crippen molar-refractivity contribution in [2.75, 3.05) is 6.61 Å². The fourth-order valence-electron chi connectivity index (χ4n) is 2.55. The van der Waals surface area contributed by atoms with E-state index in [0.717, 1.165) is 5.56 Å². The van der Waals surface area contributed by atoms with Gasteiger partial charge in [-0.25, -0.2) is 4.79 Å². The number of nitrogens with zero attached hydrogens (tertiary/aromatic N) is 5. The lowest BCUT2D eigenvalue weighted by Crippen LogP contribution is -2.06. The molecular formula is C19H17N5O4. The van der Waals surface area contributed by atoms with Crippen molar-refractivity contribution in [3.8, 4) is 11.4 Å². The van der Waals surface area contributed by atoms with Gasteiger partial charge in [0.2, 0.25) is 17.5 Å². The number of rotatable bonds is 8. The van der Waals surface area contributed by atoms with Gasteiger partial charge in [-0.2, -0.15) is 10.1 Å². The fraction of sp³-hybridized carbons (Fsp3) is 0.211. The molecule has 9 heteroatoms. The van der Waals surface area contributed by atoms with Crippen molar-refractivity contribution in [1.29, 1.82) is 0 Å². The standard InChI is InChI=1S/C19H17N5O4/c25-19(16-7-6-15(27-16)13-24-10-3-9-21-24)26-11-2-5-17-22-18(23-28-17)14-4-1-8-20-12-14/h1,3-4,6-10,12H,2,5,11,13H2. The van der Waals surface area contributed by atoms with Crippen LogP contribution in [0.3, 0.4) is 0 Å². The molecule has 0 atom stereocenters. The molecule has 0 saturated heterocycles. The molecule has 4 aromatic rings. The molecule has 0 aliphatic carbocycles. The number of hydrogen-bond donors (Lipinski definition) is 0. The smallest absolute Gasteiger partial charge is 0.374 e. The Morgan fingerprint density at radius 1 is 1.18 bits per heavy atom. The Kier molecular flexibility index (Phi) is 5.23. The minimum Gasteiger partial charge on any atom is -0.460 e. The highest BCUT2D eigenvalue weighted by atomic mass is 16.5. The van der Waals surface area contributed by atoms with E-state index in [1.807, 2.05) is 18.3 Å². The second-order valence-electron chi connectivity index (χ2n) is 5.96. The topological polar surface area (TPSA) is 109 Å². The average Bonchev–Trinajstić information content (AvgIpc) is 3.48. The van der Waals surface area contributed by atoms with Crippen molar-refractivity contribution in [2.24, 2.45) is 0 Å². The summed E-state index contributed by atoms with van der Waals surface area (Å²) in [5, 5.41) is 8.02. The maximum atomic E-state index is 12.1. The molecule has 0 aliphatic rings. The van der Waals surface area contributed by atoms with Crippen molar-refractivity contribution in [3.63, 3.8) is 0 Å². The number of carbonyl (C=O) groups excluding carboxylic acids is 1. The number of aryl methyl sites for hydroxylation is 1. The van der Waals surface area contributed by atoms with Gasteiger partial charge in [0.25, 0.3) is 0 Å². The monoisotopic (exact) mass is 379 g/mol. The first-order chi connectivity index (χ1) is 13.8. The van der Waals surface area contributed by atoms with Crippen molar-refractivity contribution in [2.45, 2.75) is 19.4 Å². The highest BCUT2D eigenvalue weighted by Crippen LogP contribution is 2.15. The van der Waals surface area contributed by atoms with Crippen LogP contribution >= 0.6 is 0 Å². The number of hydrogen-bond acceptors (Lipinski definition) is 8. The van der Waals surface area contributed by atoms with Crippen molar-refractivity contribution >= 4 is 5.97 Å². The van der Waals surface area contributed by atoms with Gasteiger partial charge >= 0.3 is 5.97 Å². The minimum absolute atomic E-state index is 0.166. The van der Waals surface area contributed by atoms with Crippen LogP contribution in [0, 0.1) is 0 Å². The van der Waals surface area contributed by atoms with E-state index in [9.17, 15) is 4.79 Å². The van der Waals surface area contributed by atoms with Crippen LogP contribution in [-0.2, 0) is 17.7 Å². The molecule has 0 aliphatic heterocycles. The Labute approximate surface area is 160 Å². The third-order valence-corrected chi connectivity index (χ3v) is 3.90. The van der Waals surface area contributed by atoms with Crippen LogP contribution in [0.25, 0.3) is 11.4 Å². The molecule has 0 spiro atoms. The van der Waals surface area contributed by atoms with Gasteiger partial charge in [0.1, 0.15) is 5.76 Å². The molecule has 4 aromatic heterocycles. The molecule has 0 bridgehead atoms. The van der Waals surface area contributed by atoms with Crippen LogP contribution < -0.4 is 0 Å². The van der Waals surface area contributed by atoms with Crippen LogP contribution in [0.1, 0.15) is 28.6 Å². The number of furan rings is 1. The SMILES string of the molecule is O=C(OCCCc1nc(-c2cccnc2)no1)c1ccc(Cn2cccn2)o1. The summed E-state index contributed by atoms with van der Waals surface area (Å²) in [6.45, 7) is 0.676. The molecule has 28 heavy (non-hydrogen) atoms. The summed E-state index contributed by atoms with van der Waals surface area (Å²) in [6.07, 6.45) is 7.90. The molecule has 4 heterocycles. The van der Waals surface area contributed by atoms with E-state index in [4.69, 9.17) is 13.7 Å². The Morgan fingerprint density at radius 2 is 2.14 bits per heavy atom. The van der Waals surface area contributed by atoms with E-state index in [0.29, 0.717) is 36.9 Å². The minimum atomic E-state index is -0.506. The van der Waals surface area contributed by atoms with Crippen molar-refractivity contribution in [3.05, 3.63) is 72.5 Å². The Hall–Kier alpha value is -3.75. The number of aromatic nitrogens is 5. The zero-order chi connectivity index (χ0) is 19.2. The lowest BCUT2D eigenvalue weighted by molar-refractivity contribution is 0.0460. The second-order valence-corrected chi connectivity index (χ2v) is 5.96. The Bertz CT molecular complexity index is 1020. The molecule has 0 unspecified atom stereocenters. The first-order valence-electron chi connectivity index (χ1n) is 8.74. The quantitative estimate of drug-likeness (QED) is 0.340. The first-order valence-corrected chi connectivity index (χ1v) is 8.74. The molecule has 4 rings (SSSR count). The van der Waals surface area contributed by atoms with Gasteiger partial charge in [0.05, 0.1) is 13.2 Å². The zero-order valence-corrected chi connectivity index (χ0v) is 14.9. The van der Waals surface area contributed by atoms with E-state index < -0.39 is 5.97 Å². The van der Waals surface area contributed by atoms with Gasteiger partial charge in [-0.1, -0.05) is 5.16 Å². The van der Waals surface area contributed by atoms with Gasteiger partial charge in [-0.3, -0.25) is 9.67 Å². The summed E-state index contributed by atoms with van der Waals surface area (Å²) >= 11 is 0. The number of ether oxygens (including phenoxy) is 1. The van der Waals surface area contributed by atoms with Gasteiger partial charge in [-0.05, 0) is 36.8 Å². The summed E-state index contributed by atoms with van der Waals surface area (Å²) in [4.78, 5) is 20.4. The zero-order valence-electron chi connectivity index (χ0n) is 14.9. The first kappa shape index (κ1) is 17.7. The van der Waals surface area contributed by atoms with E-state index in [-0.39, 0.29) is 12.4 Å².